The number of para-hydroxylation sites is 1. The first-order chi connectivity index (χ1) is 16.2. The van der Waals surface area contributed by atoms with Crippen LogP contribution in [0.5, 0.6) is 0 Å². The number of methoxy groups -OCH3 is 1. The van der Waals surface area contributed by atoms with Gasteiger partial charge in [0.15, 0.2) is 0 Å². The number of hydrogen-bond acceptors (Lipinski definition) is 5. The number of rotatable bonds is 6. The van der Waals surface area contributed by atoms with E-state index in [1.807, 2.05) is 6.92 Å². The Morgan fingerprint density at radius 1 is 0.971 bits per heavy atom. The number of benzene rings is 3. The third-order valence-corrected chi connectivity index (χ3v) is 7.43. The Hall–Kier alpha value is -3.62. The van der Waals surface area contributed by atoms with Crippen LogP contribution < -0.4 is 4.31 Å². The molecule has 0 amide bonds. The summed E-state index contributed by atoms with van der Waals surface area (Å²) in [6, 6.07) is 19.4. The summed E-state index contributed by atoms with van der Waals surface area (Å²) in [4.78, 5) is 25.7. The zero-order valence-electron chi connectivity index (χ0n) is 18.4. The Kier molecular flexibility index (Phi) is 6.45. The molecule has 0 N–H and O–H groups in total. The minimum Gasteiger partial charge on any atom is -0.465 e. The largest absolute Gasteiger partial charge is 0.465 e. The monoisotopic (exact) mass is 496 g/mol. The summed E-state index contributed by atoms with van der Waals surface area (Å²) in [6.45, 7) is 1.39. The number of sulfonamides is 1. The van der Waals surface area contributed by atoms with Crippen LogP contribution in [-0.4, -0.2) is 38.5 Å². The van der Waals surface area contributed by atoms with Crippen LogP contribution in [-0.2, 0) is 14.8 Å². The zero-order valence-corrected chi connectivity index (χ0v) is 20.0. The summed E-state index contributed by atoms with van der Waals surface area (Å²) in [5.74, 6) is -1.13. The number of anilines is 1. The average molecular weight is 497 g/mol. The van der Waals surface area contributed by atoms with E-state index in [-0.39, 0.29) is 10.5 Å². The van der Waals surface area contributed by atoms with Crippen molar-refractivity contribution in [3.05, 3.63) is 95.1 Å². The van der Waals surface area contributed by atoms with Crippen LogP contribution in [0.25, 0.3) is 10.9 Å². The fourth-order valence-corrected chi connectivity index (χ4v) is 5.16. The van der Waals surface area contributed by atoms with Gasteiger partial charge in [-0.15, -0.1) is 0 Å². The first-order valence-electron chi connectivity index (χ1n) is 10.3. The summed E-state index contributed by atoms with van der Waals surface area (Å²) in [7, 11) is -2.85. The smallest absolute Gasteiger partial charge is 0.340 e. The minimum atomic E-state index is -4.11. The lowest BCUT2D eigenvalue weighted by atomic mass is 10.2. The normalized spacial score (nSPS) is 11.4. The van der Waals surface area contributed by atoms with Gasteiger partial charge < -0.3 is 4.74 Å². The molecule has 0 radical (unpaired) electrons. The summed E-state index contributed by atoms with van der Waals surface area (Å²) in [5.41, 5.74) is 1.96. The van der Waals surface area contributed by atoms with Crippen molar-refractivity contribution in [3.63, 3.8) is 0 Å². The molecule has 4 rings (SSSR count). The second-order valence-corrected chi connectivity index (χ2v) is 9.92. The molecule has 9 heteroatoms. The highest BCUT2D eigenvalue weighted by atomic mass is 35.5. The fraction of sp³-hybridized carbons (Fsp3) is 0.120. The van der Waals surface area contributed by atoms with Gasteiger partial charge in [-0.3, -0.25) is 13.7 Å². The molecule has 0 spiro atoms. The number of fused-ring (bicyclic) bond motifs is 1. The van der Waals surface area contributed by atoms with Crippen molar-refractivity contribution in [1.29, 1.82) is 0 Å². The van der Waals surface area contributed by atoms with Gasteiger partial charge in [0.05, 0.1) is 28.8 Å². The molecule has 0 bridgehead atoms. The number of aromatic nitrogens is 1. The topological polar surface area (TPSA) is 85.7 Å². The quantitative estimate of drug-likeness (QED) is 0.353. The van der Waals surface area contributed by atoms with Crippen molar-refractivity contribution in [2.75, 3.05) is 18.0 Å². The number of esters is 1. The predicted octanol–water partition coefficient (Wildman–Crippen LogP) is 4.93. The number of nitrogens with zero attached hydrogens (tertiary/aromatic N) is 2. The standard InChI is InChI=1S/C25H21ClN2O5S/c1-17-7-11-19(12-8-17)28(34(31,32)20-13-9-18(26)10-14-20)16-24(29)27-15-22(25(30)33-2)21-5-3-4-6-23(21)27/h3-15H,16H2,1-2H3. The van der Waals surface area contributed by atoms with Crippen LogP contribution in [0.4, 0.5) is 5.69 Å². The second kappa shape index (κ2) is 9.32. The Bertz CT molecular complexity index is 1480. The Morgan fingerprint density at radius 2 is 1.62 bits per heavy atom. The Labute approximate surface area is 202 Å². The van der Waals surface area contributed by atoms with Crippen LogP contribution in [0.3, 0.4) is 0 Å². The van der Waals surface area contributed by atoms with Crippen LogP contribution in [0, 0.1) is 6.92 Å². The van der Waals surface area contributed by atoms with Crippen molar-refractivity contribution in [2.45, 2.75) is 11.8 Å². The van der Waals surface area contributed by atoms with Crippen molar-refractivity contribution < 1.29 is 22.7 Å². The molecule has 174 valence electrons. The maximum Gasteiger partial charge on any atom is 0.340 e. The number of hydrogen-bond donors (Lipinski definition) is 0. The Balaban J connectivity index is 1.80. The summed E-state index contributed by atoms with van der Waals surface area (Å²) in [6.07, 6.45) is 1.38. The molecule has 0 aliphatic rings. The van der Waals surface area contributed by atoms with E-state index < -0.39 is 28.4 Å². The number of carbonyl (C=O) groups excluding carboxylic acids is 2. The van der Waals surface area contributed by atoms with Gasteiger partial charge in [0, 0.05) is 16.6 Å². The number of ether oxygens (including phenoxy) is 1. The molecule has 1 heterocycles. The maximum atomic E-state index is 13.6. The highest BCUT2D eigenvalue weighted by Gasteiger charge is 2.29. The van der Waals surface area contributed by atoms with Gasteiger partial charge in [-0.1, -0.05) is 47.5 Å². The van der Waals surface area contributed by atoms with E-state index in [0.29, 0.717) is 21.6 Å². The molecular weight excluding hydrogens is 476 g/mol. The van der Waals surface area contributed by atoms with Crippen molar-refractivity contribution in [3.8, 4) is 0 Å². The SMILES string of the molecule is COC(=O)c1cn(C(=O)CN(c2ccc(C)cc2)S(=O)(=O)c2ccc(Cl)cc2)c2ccccc12. The van der Waals surface area contributed by atoms with Gasteiger partial charge in [0.1, 0.15) is 6.54 Å². The van der Waals surface area contributed by atoms with Crippen molar-refractivity contribution in [1.82, 2.24) is 4.57 Å². The minimum absolute atomic E-state index is 0.00195. The van der Waals surface area contributed by atoms with Crippen molar-refractivity contribution in [2.24, 2.45) is 0 Å². The third-order valence-electron chi connectivity index (χ3n) is 5.39. The van der Waals surface area contributed by atoms with E-state index in [9.17, 15) is 18.0 Å². The molecule has 1 aromatic heterocycles. The number of aryl methyl sites for hydroxylation is 1. The molecule has 0 saturated carbocycles. The molecule has 3 aromatic carbocycles. The lowest BCUT2D eigenvalue weighted by Crippen LogP contribution is -2.37. The molecule has 0 fully saturated rings. The third kappa shape index (κ3) is 4.42. The lowest BCUT2D eigenvalue weighted by molar-refractivity contribution is 0.0603. The van der Waals surface area contributed by atoms with Crippen LogP contribution in [0.1, 0.15) is 20.7 Å². The molecule has 0 aliphatic heterocycles. The molecule has 0 atom stereocenters. The van der Waals surface area contributed by atoms with Gasteiger partial charge in [-0.05, 0) is 49.4 Å². The number of halogens is 1. The van der Waals surface area contributed by atoms with Crippen LogP contribution in [0.15, 0.2) is 83.9 Å². The average Bonchev–Trinajstić information content (AvgIpc) is 3.23. The van der Waals surface area contributed by atoms with Gasteiger partial charge in [0.2, 0.25) is 0 Å². The van der Waals surface area contributed by atoms with Crippen molar-refractivity contribution >= 4 is 50.1 Å². The van der Waals surface area contributed by atoms with E-state index in [2.05, 4.69) is 0 Å². The molecule has 0 saturated heterocycles. The molecule has 0 aliphatic carbocycles. The highest BCUT2D eigenvalue weighted by Crippen LogP contribution is 2.27. The first-order valence-corrected chi connectivity index (χ1v) is 12.1. The van der Waals surface area contributed by atoms with Gasteiger partial charge in [0.25, 0.3) is 15.9 Å². The van der Waals surface area contributed by atoms with Crippen LogP contribution >= 0.6 is 11.6 Å². The number of carbonyl (C=O) groups is 2. The molecule has 0 unspecified atom stereocenters. The molecule has 7 nitrogen and oxygen atoms in total. The molecule has 34 heavy (non-hydrogen) atoms. The van der Waals surface area contributed by atoms with E-state index in [4.69, 9.17) is 16.3 Å². The van der Waals surface area contributed by atoms with Crippen LogP contribution in [0.2, 0.25) is 5.02 Å². The first kappa shape index (κ1) is 23.5. The van der Waals surface area contributed by atoms with Gasteiger partial charge in [-0.2, -0.15) is 0 Å². The maximum absolute atomic E-state index is 13.6. The fourth-order valence-electron chi connectivity index (χ4n) is 3.62. The summed E-state index contributed by atoms with van der Waals surface area (Å²) >= 11 is 5.93. The van der Waals surface area contributed by atoms with Gasteiger partial charge in [-0.25, -0.2) is 13.2 Å². The summed E-state index contributed by atoms with van der Waals surface area (Å²) in [5, 5.41) is 0.927. The zero-order chi connectivity index (χ0) is 24.5. The summed E-state index contributed by atoms with van der Waals surface area (Å²) < 4.78 is 34.3. The van der Waals surface area contributed by atoms with E-state index in [0.717, 1.165) is 9.87 Å². The lowest BCUT2D eigenvalue weighted by Gasteiger charge is -2.24. The van der Waals surface area contributed by atoms with E-state index in [1.165, 1.54) is 42.1 Å². The Morgan fingerprint density at radius 3 is 2.26 bits per heavy atom. The second-order valence-electron chi connectivity index (χ2n) is 7.62. The molecule has 4 aromatic rings. The van der Waals surface area contributed by atoms with Gasteiger partial charge >= 0.3 is 5.97 Å². The highest BCUT2D eigenvalue weighted by molar-refractivity contribution is 7.92. The predicted molar refractivity (Wildman–Crippen MR) is 131 cm³/mol. The van der Waals surface area contributed by atoms with E-state index >= 15 is 0 Å². The molecular formula is C25H21ClN2O5S. The van der Waals surface area contributed by atoms with E-state index in [1.54, 1.807) is 48.5 Å².